The van der Waals surface area contributed by atoms with Crippen molar-refractivity contribution in [3.8, 4) is 17.1 Å². The minimum Gasteiger partial charge on any atom is -0.334 e. The summed E-state index contributed by atoms with van der Waals surface area (Å²) in [5.41, 5.74) is 4.36. The van der Waals surface area contributed by atoms with Crippen LogP contribution in [0.15, 0.2) is 65.4 Å². The van der Waals surface area contributed by atoms with E-state index < -0.39 is 0 Å². The van der Waals surface area contributed by atoms with E-state index in [2.05, 4.69) is 64.7 Å². The monoisotopic (exact) mass is 475 g/mol. The third-order valence-corrected chi connectivity index (χ3v) is 7.98. The van der Waals surface area contributed by atoms with Crippen LogP contribution in [-0.2, 0) is 4.79 Å². The summed E-state index contributed by atoms with van der Waals surface area (Å²) >= 11 is 3.17. The van der Waals surface area contributed by atoms with E-state index in [9.17, 15) is 4.79 Å². The molecule has 4 heterocycles. The lowest BCUT2D eigenvalue weighted by Gasteiger charge is -2.23. The summed E-state index contributed by atoms with van der Waals surface area (Å²) < 4.78 is 2.04. The first kappa shape index (κ1) is 21.9. The van der Waals surface area contributed by atoms with Gasteiger partial charge in [0.25, 0.3) is 0 Å². The van der Waals surface area contributed by atoms with Crippen molar-refractivity contribution in [1.82, 2.24) is 24.6 Å². The summed E-state index contributed by atoms with van der Waals surface area (Å²) in [4.78, 5) is 20.6. The van der Waals surface area contributed by atoms with E-state index in [1.807, 2.05) is 21.6 Å². The number of aromatic nitrogens is 4. The van der Waals surface area contributed by atoms with E-state index in [-0.39, 0.29) is 11.9 Å². The third-order valence-electron chi connectivity index (χ3n) is 6.09. The molecule has 8 heteroatoms. The molecular formula is C25H25N5OS2. The molecule has 6 nitrogen and oxygen atoms in total. The number of benzene rings is 1. The number of hydrogen-bond acceptors (Lipinski definition) is 6. The lowest BCUT2D eigenvalue weighted by atomic mass is 10.1. The van der Waals surface area contributed by atoms with Gasteiger partial charge < -0.3 is 4.90 Å². The van der Waals surface area contributed by atoms with Crippen molar-refractivity contribution in [2.24, 2.45) is 0 Å². The molecule has 1 atom stereocenters. The summed E-state index contributed by atoms with van der Waals surface area (Å²) in [5.74, 6) is 1.23. The number of pyridine rings is 1. The molecule has 1 aliphatic rings. The number of nitrogens with zero attached hydrogens (tertiary/aromatic N) is 5. The topological polar surface area (TPSA) is 63.9 Å². The van der Waals surface area contributed by atoms with Gasteiger partial charge in [-0.25, -0.2) is 0 Å². The van der Waals surface area contributed by atoms with Crippen LogP contribution in [0, 0.1) is 13.8 Å². The van der Waals surface area contributed by atoms with Crippen LogP contribution in [-0.4, -0.2) is 42.9 Å². The highest BCUT2D eigenvalue weighted by Crippen LogP contribution is 2.35. The number of likely N-dealkylation sites (tertiary alicyclic amines) is 1. The summed E-state index contributed by atoms with van der Waals surface area (Å²) in [7, 11) is 0. The van der Waals surface area contributed by atoms with Crippen LogP contribution in [0.3, 0.4) is 0 Å². The Labute approximate surface area is 201 Å². The fourth-order valence-corrected chi connectivity index (χ4v) is 5.91. The highest BCUT2D eigenvalue weighted by atomic mass is 32.2. The first-order valence-corrected chi connectivity index (χ1v) is 12.9. The van der Waals surface area contributed by atoms with Gasteiger partial charge in [0, 0.05) is 29.4 Å². The Hall–Kier alpha value is -2.97. The molecule has 0 aliphatic carbocycles. The Morgan fingerprint density at radius 1 is 1.12 bits per heavy atom. The molecule has 1 saturated heterocycles. The predicted octanol–water partition coefficient (Wildman–Crippen LogP) is 5.46. The van der Waals surface area contributed by atoms with Crippen molar-refractivity contribution in [3.63, 3.8) is 0 Å². The zero-order valence-corrected chi connectivity index (χ0v) is 20.3. The molecule has 1 amide bonds. The molecular weight excluding hydrogens is 450 g/mol. The van der Waals surface area contributed by atoms with Crippen LogP contribution in [0.4, 0.5) is 0 Å². The quantitative estimate of drug-likeness (QED) is 0.346. The van der Waals surface area contributed by atoms with Crippen LogP contribution in [0.25, 0.3) is 17.1 Å². The Balaban J connectivity index is 1.43. The number of carbonyl (C=O) groups is 1. The third kappa shape index (κ3) is 4.45. The predicted molar refractivity (Wildman–Crippen MR) is 133 cm³/mol. The summed E-state index contributed by atoms with van der Waals surface area (Å²) in [6.45, 7) is 5.02. The largest absolute Gasteiger partial charge is 0.334 e. The molecule has 0 radical (unpaired) electrons. The number of carbonyl (C=O) groups excluding carboxylic acids is 1. The Kier molecular flexibility index (Phi) is 6.28. The van der Waals surface area contributed by atoms with Gasteiger partial charge in [0.1, 0.15) is 0 Å². The van der Waals surface area contributed by atoms with Gasteiger partial charge in [-0.15, -0.1) is 21.5 Å². The van der Waals surface area contributed by atoms with E-state index in [4.69, 9.17) is 0 Å². The Bertz CT molecular complexity index is 1250. The van der Waals surface area contributed by atoms with Crippen LogP contribution >= 0.6 is 23.1 Å². The van der Waals surface area contributed by atoms with E-state index in [0.29, 0.717) is 10.9 Å². The molecule has 33 heavy (non-hydrogen) atoms. The van der Waals surface area contributed by atoms with Crippen LogP contribution in [0.5, 0.6) is 0 Å². The number of aryl methyl sites for hydroxylation is 2. The number of thiophene rings is 1. The summed E-state index contributed by atoms with van der Waals surface area (Å²) in [6, 6.07) is 14.6. The second kappa shape index (κ2) is 9.49. The lowest BCUT2D eigenvalue weighted by molar-refractivity contribution is -0.129. The van der Waals surface area contributed by atoms with Gasteiger partial charge in [-0.3, -0.25) is 14.3 Å². The lowest BCUT2D eigenvalue weighted by Crippen LogP contribution is -2.31. The molecule has 0 saturated carbocycles. The van der Waals surface area contributed by atoms with Crippen molar-refractivity contribution < 1.29 is 4.79 Å². The van der Waals surface area contributed by atoms with E-state index in [1.165, 1.54) is 27.8 Å². The normalized spacial score (nSPS) is 15.8. The van der Waals surface area contributed by atoms with E-state index in [0.717, 1.165) is 36.5 Å². The summed E-state index contributed by atoms with van der Waals surface area (Å²) in [6.07, 6.45) is 5.58. The first-order chi connectivity index (χ1) is 16.1. The molecule has 0 bridgehead atoms. The maximum atomic E-state index is 13.2. The maximum Gasteiger partial charge on any atom is 0.233 e. The fraction of sp³-hybridized carbons (Fsp3) is 0.280. The molecule has 1 aliphatic heterocycles. The molecule has 5 rings (SSSR count). The van der Waals surface area contributed by atoms with Crippen molar-refractivity contribution in [2.45, 2.75) is 37.9 Å². The van der Waals surface area contributed by atoms with Gasteiger partial charge in [-0.05, 0) is 73.5 Å². The minimum atomic E-state index is 0.149. The van der Waals surface area contributed by atoms with Crippen molar-refractivity contribution in [1.29, 1.82) is 0 Å². The minimum absolute atomic E-state index is 0.149. The smallest absolute Gasteiger partial charge is 0.233 e. The molecule has 4 aromatic rings. The van der Waals surface area contributed by atoms with Crippen molar-refractivity contribution >= 4 is 29.0 Å². The molecule has 1 fully saturated rings. The van der Waals surface area contributed by atoms with E-state index >= 15 is 0 Å². The van der Waals surface area contributed by atoms with Crippen LogP contribution < -0.4 is 0 Å². The molecule has 168 valence electrons. The van der Waals surface area contributed by atoms with E-state index in [1.54, 1.807) is 23.7 Å². The molecule has 0 N–H and O–H groups in total. The Morgan fingerprint density at radius 3 is 2.73 bits per heavy atom. The number of thioether (sulfide) groups is 1. The maximum absolute atomic E-state index is 13.2. The van der Waals surface area contributed by atoms with Gasteiger partial charge >= 0.3 is 0 Å². The fourth-order valence-electron chi connectivity index (χ4n) is 4.20. The second-order valence-corrected chi connectivity index (χ2v) is 10.1. The van der Waals surface area contributed by atoms with Gasteiger partial charge in [0.05, 0.1) is 17.5 Å². The number of amides is 1. The van der Waals surface area contributed by atoms with Crippen molar-refractivity contribution in [2.75, 3.05) is 12.3 Å². The Morgan fingerprint density at radius 2 is 1.97 bits per heavy atom. The van der Waals surface area contributed by atoms with Gasteiger partial charge in [0.2, 0.25) is 5.91 Å². The second-order valence-electron chi connectivity index (χ2n) is 8.20. The zero-order valence-electron chi connectivity index (χ0n) is 18.6. The molecule has 1 aromatic carbocycles. The molecule has 1 unspecified atom stereocenters. The number of rotatable bonds is 6. The van der Waals surface area contributed by atoms with Gasteiger partial charge in [-0.2, -0.15) is 0 Å². The molecule has 3 aromatic heterocycles. The van der Waals surface area contributed by atoms with Gasteiger partial charge in [0.15, 0.2) is 11.0 Å². The highest BCUT2D eigenvalue weighted by molar-refractivity contribution is 7.99. The van der Waals surface area contributed by atoms with Crippen LogP contribution in [0.2, 0.25) is 0 Å². The SMILES string of the molecule is Cc1ccc(-n2c(SCC(=O)N3CCCC3c3cccs3)nnc2-c2ccncc2)cc1C. The first-order valence-electron chi connectivity index (χ1n) is 11.0. The summed E-state index contributed by atoms with van der Waals surface area (Å²) in [5, 5.41) is 11.8. The highest BCUT2D eigenvalue weighted by Gasteiger charge is 2.31. The standard InChI is InChI=1S/C25H25N5OS2/c1-17-7-8-20(15-18(17)2)30-24(19-9-11-26-12-10-19)27-28-25(30)33-16-23(31)29-13-3-5-21(29)22-6-4-14-32-22/h4,6-12,14-15,21H,3,5,13,16H2,1-2H3. The zero-order chi connectivity index (χ0) is 22.8. The van der Waals surface area contributed by atoms with Crippen molar-refractivity contribution in [3.05, 3.63) is 76.2 Å². The number of hydrogen-bond donors (Lipinski definition) is 0. The molecule has 0 spiro atoms. The average Bonchev–Trinajstić information content (AvgIpc) is 3.60. The van der Waals surface area contributed by atoms with Crippen LogP contribution in [0.1, 0.15) is 34.9 Å². The van der Waals surface area contributed by atoms with Gasteiger partial charge in [-0.1, -0.05) is 23.9 Å². The average molecular weight is 476 g/mol.